The highest BCUT2D eigenvalue weighted by Crippen LogP contribution is 2.32. The summed E-state index contributed by atoms with van der Waals surface area (Å²) >= 11 is 0. The van der Waals surface area contributed by atoms with Gasteiger partial charge in [0, 0.05) is 74.1 Å². The Morgan fingerprint density at radius 1 is 0.711 bits per heavy atom. The normalized spacial score (nSPS) is 12.9. The van der Waals surface area contributed by atoms with Crippen molar-refractivity contribution in [3.8, 4) is 5.75 Å². The summed E-state index contributed by atoms with van der Waals surface area (Å²) in [6.07, 6.45) is 7.36. The molecule has 4 aromatic carbocycles. The highest BCUT2D eigenvalue weighted by atomic mass is 16.6. The van der Waals surface area contributed by atoms with Crippen LogP contribution in [-0.2, 0) is 50.9 Å². The molecule has 1 aliphatic rings. The minimum absolute atomic E-state index is 0.0121. The van der Waals surface area contributed by atoms with Gasteiger partial charge in [0.25, 0.3) is 11.8 Å². The predicted molar refractivity (Wildman–Crippen MR) is 290 cm³/mol. The van der Waals surface area contributed by atoms with Crippen molar-refractivity contribution >= 4 is 58.6 Å². The van der Waals surface area contributed by atoms with Gasteiger partial charge in [-0.05, 0) is 142 Å². The number of hydrogen-bond donors (Lipinski definition) is 4. The Labute approximate surface area is 445 Å². The summed E-state index contributed by atoms with van der Waals surface area (Å²) in [5, 5.41) is 24.4. The van der Waals surface area contributed by atoms with E-state index in [1.54, 1.807) is 66.7 Å². The first-order valence-electron chi connectivity index (χ1n) is 25.8. The van der Waals surface area contributed by atoms with E-state index >= 15 is 0 Å². The molecule has 1 aliphatic heterocycles. The molecule has 19 heteroatoms. The van der Waals surface area contributed by atoms with Crippen molar-refractivity contribution in [3.05, 3.63) is 124 Å². The molecule has 5 N–H and O–H groups in total. The van der Waals surface area contributed by atoms with E-state index in [0.717, 1.165) is 28.8 Å². The topological polar surface area (TPSA) is 251 Å². The molecule has 19 nitrogen and oxygen atoms in total. The van der Waals surface area contributed by atoms with Crippen molar-refractivity contribution in [3.63, 3.8) is 0 Å². The Morgan fingerprint density at radius 3 is 1.97 bits per heavy atom. The van der Waals surface area contributed by atoms with Gasteiger partial charge in [-0.1, -0.05) is 25.1 Å². The van der Waals surface area contributed by atoms with Crippen molar-refractivity contribution in [2.75, 3.05) is 90.6 Å². The molecule has 0 fully saturated rings. The molecule has 0 saturated heterocycles. The van der Waals surface area contributed by atoms with E-state index in [1.807, 2.05) is 43.9 Å². The highest BCUT2D eigenvalue weighted by molar-refractivity contribution is 6.13. The molecule has 76 heavy (non-hydrogen) atoms. The molecule has 408 valence electrons. The summed E-state index contributed by atoms with van der Waals surface area (Å²) < 4.78 is 33.2. The number of rotatable bonds is 33. The van der Waals surface area contributed by atoms with Crippen molar-refractivity contribution in [1.29, 1.82) is 0 Å². The third kappa shape index (κ3) is 22.0. The molecule has 4 aromatic rings. The quantitative estimate of drug-likeness (QED) is 0.0153. The molecule has 5 rings (SSSR count). The van der Waals surface area contributed by atoms with Crippen LogP contribution in [0.1, 0.15) is 108 Å². The number of benzene rings is 4. The van der Waals surface area contributed by atoms with Crippen LogP contribution in [0.5, 0.6) is 5.75 Å². The van der Waals surface area contributed by atoms with Crippen LogP contribution in [-0.4, -0.2) is 132 Å². The van der Waals surface area contributed by atoms with Gasteiger partial charge in [0.1, 0.15) is 22.9 Å². The summed E-state index contributed by atoms with van der Waals surface area (Å²) in [6.45, 7) is 13.5. The number of carbonyl (C=O) groups excluding carboxylic acids is 5. The van der Waals surface area contributed by atoms with Crippen molar-refractivity contribution < 1.29 is 57.5 Å². The second-order valence-electron chi connectivity index (χ2n) is 18.7. The lowest BCUT2D eigenvalue weighted by atomic mass is 10.1. The number of amidine groups is 1. The number of esters is 1. The molecular formula is C57H73N7O12. The van der Waals surface area contributed by atoms with Crippen LogP contribution in [0.25, 0.3) is 6.08 Å². The summed E-state index contributed by atoms with van der Waals surface area (Å²) in [7, 11) is 0. The van der Waals surface area contributed by atoms with E-state index in [1.165, 1.54) is 12.1 Å². The summed E-state index contributed by atoms with van der Waals surface area (Å²) in [4.78, 5) is 68.2. The summed E-state index contributed by atoms with van der Waals surface area (Å²) in [6, 6.07) is 23.9. The molecule has 0 spiro atoms. The first-order valence-corrected chi connectivity index (χ1v) is 25.8. The number of fused-ring (bicyclic) bond motifs is 1. The van der Waals surface area contributed by atoms with E-state index in [9.17, 15) is 29.1 Å². The predicted octanol–water partition coefficient (Wildman–Crippen LogP) is 8.00. The monoisotopic (exact) mass is 1050 g/mol. The third-order valence-corrected chi connectivity index (χ3v) is 11.3. The lowest BCUT2D eigenvalue weighted by molar-refractivity contribution is -0.154. The van der Waals surface area contributed by atoms with Crippen LogP contribution in [0, 0.1) is 0 Å². The zero-order valence-corrected chi connectivity index (χ0v) is 44.2. The minimum Gasteiger partial charge on any atom is -0.506 e. The van der Waals surface area contributed by atoms with Crippen LogP contribution in [0.4, 0.5) is 17.1 Å². The number of azo groups is 1. The summed E-state index contributed by atoms with van der Waals surface area (Å²) in [5.74, 6) is -1.12. The van der Waals surface area contributed by atoms with Gasteiger partial charge in [-0.25, -0.2) is 0 Å². The summed E-state index contributed by atoms with van der Waals surface area (Å²) in [5.41, 5.74) is 10.4. The van der Waals surface area contributed by atoms with Crippen molar-refractivity contribution in [1.82, 2.24) is 10.6 Å². The van der Waals surface area contributed by atoms with Crippen LogP contribution in [0.3, 0.4) is 0 Å². The van der Waals surface area contributed by atoms with Crippen LogP contribution < -0.4 is 21.3 Å². The number of hydrogen-bond acceptors (Lipinski definition) is 14. The van der Waals surface area contributed by atoms with Gasteiger partial charge in [-0.3, -0.25) is 24.0 Å². The lowest BCUT2D eigenvalue weighted by Crippen LogP contribution is -2.28. The number of carbonyl (C=O) groups is 5. The number of aromatic hydroxyl groups is 1. The van der Waals surface area contributed by atoms with Gasteiger partial charge in [-0.2, -0.15) is 10.1 Å². The number of aryl methyl sites for hydroxylation is 1. The molecule has 0 aromatic heterocycles. The zero-order valence-electron chi connectivity index (χ0n) is 44.2. The third-order valence-electron chi connectivity index (χ3n) is 11.3. The second kappa shape index (κ2) is 32.3. The van der Waals surface area contributed by atoms with E-state index < -0.39 is 17.4 Å². The molecule has 0 radical (unpaired) electrons. The molecule has 4 amide bonds. The van der Waals surface area contributed by atoms with Gasteiger partial charge in [0.15, 0.2) is 0 Å². The van der Waals surface area contributed by atoms with E-state index in [0.29, 0.717) is 153 Å². The van der Waals surface area contributed by atoms with Crippen molar-refractivity contribution in [2.45, 2.75) is 78.2 Å². The Hall–Kier alpha value is -7.16. The van der Waals surface area contributed by atoms with Crippen molar-refractivity contribution in [2.24, 2.45) is 21.0 Å². The second-order valence-corrected chi connectivity index (χ2v) is 18.7. The lowest BCUT2D eigenvalue weighted by Gasteiger charge is -2.19. The molecule has 0 unspecified atom stereocenters. The molecule has 0 saturated carbocycles. The Morgan fingerprint density at radius 2 is 1.34 bits per heavy atom. The average Bonchev–Trinajstić information content (AvgIpc) is 3.73. The maximum Gasteiger partial charge on any atom is 0.306 e. The molecule has 1 heterocycles. The maximum atomic E-state index is 13.0. The standard InChI is InChI=1S/C57H73N7O12/c1-5-26-64-49-21-14-42(37-46(49)40-51(64)61-56(70)45-12-7-11-44(39-45)54(58)68)16-23-52(66)59-24-8-27-71-29-31-73-33-35-75-36-34-74-32-30-72-28-9-25-60-55(69)43-17-19-47(20-18-43)62-63-48-38-41(15-22-50(48)65)10-6-13-53(67)76-57(2,3)4/h7,11-12,14-23,37-39,65H,5-6,8-10,13,24-36,40H2,1-4H3,(H2,58,68)(H,59,66)(H,60,69)/b23-16+,61-51?,63-62?. The van der Waals surface area contributed by atoms with Gasteiger partial charge in [-0.15, -0.1) is 5.11 Å². The minimum atomic E-state index is -0.610. The molecule has 0 aliphatic carbocycles. The Kier molecular flexibility index (Phi) is 25.4. The number of ether oxygens (including phenoxy) is 6. The van der Waals surface area contributed by atoms with Crippen LogP contribution in [0.15, 0.2) is 106 Å². The number of primary amides is 1. The molecule has 0 atom stereocenters. The van der Waals surface area contributed by atoms with Gasteiger partial charge >= 0.3 is 5.97 Å². The van der Waals surface area contributed by atoms with Gasteiger partial charge in [0.05, 0.1) is 58.5 Å². The highest BCUT2D eigenvalue weighted by Gasteiger charge is 2.26. The number of nitrogens with one attached hydrogen (secondary N) is 2. The number of phenols is 1. The fraction of sp³-hybridized carbons (Fsp3) is 0.439. The Bertz CT molecular complexity index is 2610. The number of aliphatic imine (C=N–C) groups is 1. The van der Waals surface area contributed by atoms with E-state index in [-0.39, 0.29) is 29.1 Å². The number of nitrogens with two attached hydrogens (primary N) is 1. The number of anilines is 1. The number of nitrogens with zero attached hydrogens (tertiary/aromatic N) is 4. The van der Waals surface area contributed by atoms with Crippen LogP contribution >= 0.6 is 0 Å². The van der Waals surface area contributed by atoms with Gasteiger partial charge < -0.3 is 54.8 Å². The number of phenolic OH excluding ortho intramolecular Hbond substituents is 1. The first-order chi connectivity index (χ1) is 36.7. The maximum absolute atomic E-state index is 13.0. The molecular weight excluding hydrogens is 975 g/mol. The van der Waals surface area contributed by atoms with E-state index in [4.69, 9.17) is 34.2 Å². The smallest absolute Gasteiger partial charge is 0.306 e. The van der Waals surface area contributed by atoms with Gasteiger partial charge in [0.2, 0.25) is 11.8 Å². The fourth-order valence-electron chi connectivity index (χ4n) is 7.58. The van der Waals surface area contributed by atoms with Crippen LogP contribution in [0.2, 0.25) is 0 Å². The Balaban J connectivity index is 0.807. The zero-order chi connectivity index (χ0) is 54.5. The fourth-order valence-corrected chi connectivity index (χ4v) is 7.58. The largest absolute Gasteiger partial charge is 0.506 e. The average molecular weight is 1050 g/mol. The SMILES string of the molecule is CCCN1C(=NC(=O)c2cccc(C(N)=O)c2)Cc2cc(/C=C/C(=O)NCCCOCCOCCOCCOCCOCCCNC(=O)c3ccc(N=Nc4cc(CCCC(=O)OC(C)(C)C)ccc4O)cc3)ccc21. The van der Waals surface area contributed by atoms with E-state index in [2.05, 4.69) is 32.8 Å². The first kappa shape index (κ1) is 59.7. The molecule has 0 bridgehead atoms. The number of amides is 4.